The van der Waals surface area contributed by atoms with Gasteiger partial charge >= 0.3 is 0 Å². The summed E-state index contributed by atoms with van der Waals surface area (Å²) in [6, 6.07) is 25.0. The summed E-state index contributed by atoms with van der Waals surface area (Å²) >= 11 is 1.42. The van der Waals surface area contributed by atoms with Crippen LogP contribution in [0.2, 0.25) is 0 Å². The number of rotatable bonds is 7. The summed E-state index contributed by atoms with van der Waals surface area (Å²) in [5.74, 6) is -0.323. The number of ether oxygens (including phenoxy) is 2. The molecule has 1 amide bonds. The monoisotopic (exact) mass is 511 g/mol. The van der Waals surface area contributed by atoms with Crippen LogP contribution in [0.3, 0.4) is 0 Å². The molecular formula is C30H25NO5S. The number of aliphatic hydroxyl groups is 1. The van der Waals surface area contributed by atoms with Crippen LogP contribution in [0.1, 0.15) is 27.6 Å². The SMILES string of the molecule is COc1ccc(/C(O)=C2/C(=O)C(=O)N(c3ccc(OCc4ccccc4)cc3)C2c2cccs2)cc1C. The van der Waals surface area contributed by atoms with Crippen molar-refractivity contribution in [1.29, 1.82) is 0 Å². The number of nitrogens with zero attached hydrogens (tertiary/aromatic N) is 1. The molecule has 3 aromatic carbocycles. The third kappa shape index (κ3) is 4.73. The number of hydrogen-bond acceptors (Lipinski definition) is 6. The van der Waals surface area contributed by atoms with E-state index >= 15 is 0 Å². The summed E-state index contributed by atoms with van der Waals surface area (Å²) in [7, 11) is 1.57. The minimum atomic E-state index is -0.751. The number of anilines is 1. The maximum atomic E-state index is 13.3. The molecule has 1 aromatic heterocycles. The van der Waals surface area contributed by atoms with Crippen LogP contribution >= 0.6 is 11.3 Å². The van der Waals surface area contributed by atoms with Crippen LogP contribution < -0.4 is 14.4 Å². The van der Waals surface area contributed by atoms with E-state index in [9.17, 15) is 14.7 Å². The summed E-state index contributed by atoms with van der Waals surface area (Å²) in [4.78, 5) is 28.8. The second kappa shape index (κ2) is 10.3. The van der Waals surface area contributed by atoms with Gasteiger partial charge < -0.3 is 14.6 Å². The lowest BCUT2D eigenvalue weighted by molar-refractivity contribution is -0.132. The van der Waals surface area contributed by atoms with E-state index in [2.05, 4.69) is 0 Å². The molecule has 1 fully saturated rings. The maximum Gasteiger partial charge on any atom is 0.300 e. The molecule has 0 aliphatic carbocycles. The number of methoxy groups -OCH3 is 1. The van der Waals surface area contributed by atoms with E-state index in [0.717, 1.165) is 16.0 Å². The van der Waals surface area contributed by atoms with Gasteiger partial charge in [-0.15, -0.1) is 11.3 Å². The topological polar surface area (TPSA) is 76.1 Å². The largest absolute Gasteiger partial charge is 0.507 e. The molecule has 0 saturated carbocycles. The normalized spacial score (nSPS) is 16.7. The van der Waals surface area contributed by atoms with Crippen molar-refractivity contribution in [3.8, 4) is 11.5 Å². The molecule has 2 heterocycles. The van der Waals surface area contributed by atoms with Crippen molar-refractivity contribution in [2.45, 2.75) is 19.6 Å². The third-order valence-corrected chi connectivity index (χ3v) is 7.21. The van der Waals surface area contributed by atoms with E-state index < -0.39 is 17.7 Å². The molecule has 1 aliphatic heterocycles. The highest BCUT2D eigenvalue weighted by Crippen LogP contribution is 2.44. The lowest BCUT2D eigenvalue weighted by atomic mass is 9.98. The number of aliphatic hydroxyl groups excluding tert-OH is 1. The zero-order valence-electron chi connectivity index (χ0n) is 20.4. The molecule has 1 saturated heterocycles. The Bertz CT molecular complexity index is 1460. The van der Waals surface area contributed by atoms with Crippen molar-refractivity contribution >= 4 is 34.5 Å². The van der Waals surface area contributed by atoms with Gasteiger partial charge in [-0.1, -0.05) is 36.4 Å². The van der Waals surface area contributed by atoms with Crippen LogP contribution in [0.4, 0.5) is 5.69 Å². The zero-order valence-corrected chi connectivity index (χ0v) is 21.2. The van der Waals surface area contributed by atoms with E-state index in [1.54, 1.807) is 49.6 Å². The molecule has 0 spiro atoms. The lowest BCUT2D eigenvalue weighted by Crippen LogP contribution is -2.29. The number of carbonyl (C=O) groups excluding carboxylic acids is 2. The number of aryl methyl sites for hydroxylation is 1. The molecule has 1 aliphatic rings. The van der Waals surface area contributed by atoms with Gasteiger partial charge in [0.15, 0.2) is 0 Å². The molecule has 186 valence electrons. The average molecular weight is 512 g/mol. The van der Waals surface area contributed by atoms with Gasteiger partial charge in [-0.3, -0.25) is 14.5 Å². The quantitative estimate of drug-likeness (QED) is 0.180. The second-order valence-corrected chi connectivity index (χ2v) is 9.62. The van der Waals surface area contributed by atoms with Gasteiger partial charge in [-0.05, 0) is 72.0 Å². The minimum Gasteiger partial charge on any atom is -0.507 e. The number of thiophene rings is 1. The van der Waals surface area contributed by atoms with Crippen molar-refractivity contribution < 1.29 is 24.2 Å². The summed E-state index contributed by atoms with van der Waals surface area (Å²) in [5, 5.41) is 13.2. The van der Waals surface area contributed by atoms with E-state index in [-0.39, 0.29) is 11.3 Å². The van der Waals surface area contributed by atoms with Crippen molar-refractivity contribution in [2.24, 2.45) is 0 Å². The van der Waals surface area contributed by atoms with Crippen LogP contribution in [-0.2, 0) is 16.2 Å². The molecular weight excluding hydrogens is 486 g/mol. The molecule has 5 rings (SSSR count). The van der Waals surface area contributed by atoms with Crippen LogP contribution in [0.25, 0.3) is 5.76 Å². The molecule has 4 aromatic rings. The predicted octanol–water partition coefficient (Wildman–Crippen LogP) is 6.27. The van der Waals surface area contributed by atoms with Gasteiger partial charge in [-0.2, -0.15) is 0 Å². The van der Waals surface area contributed by atoms with Gasteiger partial charge in [0.25, 0.3) is 11.7 Å². The molecule has 1 N–H and O–H groups in total. The first-order chi connectivity index (χ1) is 18.0. The van der Waals surface area contributed by atoms with Crippen molar-refractivity contribution in [1.82, 2.24) is 0 Å². The van der Waals surface area contributed by atoms with Crippen LogP contribution in [-0.4, -0.2) is 23.9 Å². The molecule has 7 heteroatoms. The van der Waals surface area contributed by atoms with Crippen LogP contribution in [0, 0.1) is 6.92 Å². The Hall–Kier alpha value is -4.36. The van der Waals surface area contributed by atoms with Gasteiger partial charge in [0.05, 0.1) is 12.7 Å². The van der Waals surface area contributed by atoms with E-state index in [0.29, 0.717) is 29.4 Å². The van der Waals surface area contributed by atoms with Crippen LogP contribution in [0.15, 0.2) is 95.9 Å². The molecule has 1 atom stereocenters. The number of carbonyl (C=O) groups is 2. The highest BCUT2D eigenvalue weighted by Gasteiger charge is 2.47. The molecule has 6 nitrogen and oxygen atoms in total. The first-order valence-corrected chi connectivity index (χ1v) is 12.6. The summed E-state index contributed by atoms with van der Waals surface area (Å²) < 4.78 is 11.2. The Morgan fingerprint density at radius 3 is 2.38 bits per heavy atom. The molecule has 1 unspecified atom stereocenters. The van der Waals surface area contributed by atoms with Crippen LogP contribution in [0.5, 0.6) is 11.5 Å². The molecule has 0 bridgehead atoms. The Morgan fingerprint density at radius 1 is 0.973 bits per heavy atom. The molecule has 37 heavy (non-hydrogen) atoms. The van der Waals surface area contributed by atoms with Crippen molar-refractivity contribution in [3.63, 3.8) is 0 Å². The summed E-state index contributed by atoms with van der Waals surface area (Å²) in [6.07, 6.45) is 0. The first kappa shape index (κ1) is 24.3. The fourth-order valence-electron chi connectivity index (χ4n) is 4.44. The predicted molar refractivity (Wildman–Crippen MR) is 144 cm³/mol. The number of hydrogen-bond donors (Lipinski definition) is 1. The number of amides is 1. The van der Waals surface area contributed by atoms with Gasteiger partial charge in [0.2, 0.25) is 0 Å². The number of ketones is 1. The maximum absolute atomic E-state index is 13.3. The highest BCUT2D eigenvalue weighted by atomic mass is 32.1. The van der Waals surface area contributed by atoms with Gasteiger partial charge in [-0.25, -0.2) is 0 Å². The number of benzene rings is 3. The first-order valence-electron chi connectivity index (χ1n) is 11.7. The zero-order chi connectivity index (χ0) is 25.9. The van der Waals surface area contributed by atoms with Gasteiger partial charge in [0, 0.05) is 16.1 Å². The highest BCUT2D eigenvalue weighted by molar-refractivity contribution is 7.10. The second-order valence-electron chi connectivity index (χ2n) is 8.64. The summed E-state index contributed by atoms with van der Waals surface area (Å²) in [5.41, 5.74) is 2.89. The minimum absolute atomic E-state index is 0.0569. The van der Waals surface area contributed by atoms with Crippen molar-refractivity contribution in [2.75, 3.05) is 12.0 Å². The standard InChI is InChI=1S/C30H25NO5S/c1-19-17-21(10-15-24(19)35-2)28(32)26-27(25-9-6-16-37-25)31(30(34)29(26)33)22-11-13-23(14-12-22)36-18-20-7-4-3-5-8-20/h3-17,27,32H,18H2,1-2H3/b28-26-. The van der Waals surface area contributed by atoms with E-state index in [1.165, 1.54) is 16.2 Å². The molecule has 0 radical (unpaired) electrons. The number of Topliss-reactive ketones (excluding diaryl/α,β-unsaturated/α-hetero) is 1. The Morgan fingerprint density at radius 2 is 1.73 bits per heavy atom. The fraction of sp³-hybridized carbons (Fsp3) is 0.133. The summed E-state index contributed by atoms with van der Waals surface area (Å²) in [6.45, 7) is 2.27. The smallest absolute Gasteiger partial charge is 0.300 e. The Balaban J connectivity index is 1.50. The lowest BCUT2D eigenvalue weighted by Gasteiger charge is -2.24. The van der Waals surface area contributed by atoms with Crippen molar-refractivity contribution in [3.05, 3.63) is 117 Å². The van der Waals surface area contributed by atoms with E-state index in [4.69, 9.17) is 9.47 Å². The van der Waals surface area contributed by atoms with E-state index in [1.807, 2.05) is 54.8 Å². The average Bonchev–Trinajstić information content (AvgIpc) is 3.55. The Kier molecular flexibility index (Phi) is 6.79. The third-order valence-electron chi connectivity index (χ3n) is 6.29. The fourth-order valence-corrected chi connectivity index (χ4v) is 5.26. The Labute approximate surface area is 219 Å². The van der Waals surface area contributed by atoms with Gasteiger partial charge in [0.1, 0.15) is 29.9 Å².